The summed E-state index contributed by atoms with van der Waals surface area (Å²) in [6.45, 7) is 1.05. The van der Waals surface area contributed by atoms with Gasteiger partial charge in [0.15, 0.2) is 0 Å². The topological polar surface area (TPSA) is 65.1 Å². The fourth-order valence-corrected chi connectivity index (χ4v) is 3.09. The summed E-state index contributed by atoms with van der Waals surface area (Å²) in [6, 6.07) is 10.7. The highest BCUT2D eigenvalue weighted by atomic mass is 16.5. The maximum atomic E-state index is 12.9. The third-order valence-corrected chi connectivity index (χ3v) is 4.48. The van der Waals surface area contributed by atoms with Crippen LogP contribution in [0.4, 0.5) is 0 Å². The van der Waals surface area contributed by atoms with Crippen molar-refractivity contribution in [1.82, 2.24) is 4.90 Å². The zero-order valence-electron chi connectivity index (χ0n) is 15.1. The van der Waals surface area contributed by atoms with Crippen molar-refractivity contribution in [2.75, 3.05) is 27.9 Å². The van der Waals surface area contributed by atoms with Gasteiger partial charge in [0, 0.05) is 24.7 Å². The smallest absolute Gasteiger partial charge is 0.337 e. The van der Waals surface area contributed by atoms with Crippen LogP contribution in [0.15, 0.2) is 36.4 Å². The Morgan fingerprint density at radius 2 is 1.73 bits per heavy atom. The third-order valence-electron chi connectivity index (χ3n) is 4.48. The fraction of sp³-hybridized carbons (Fsp3) is 0.300. The van der Waals surface area contributed by atoms with Gasteiger partial charge in [0.05, 0.1) is 26.9 Å². The highest BCUT2D eigenvalue weighted by Crippen LogP contribution is 2.26. The van der Waals surface area contributed by atoms with Crippen LogP contribution in [0.1, 0.15) is 31.8 Å². The van der Waals surface area contributed by atoms with E-state index in [1.807, 2.05) is 18.2 Å². The molecule has 0 aromatic heterocycles. The average molecular weight is 355 g/mol. The van der Waals surface area contributed by atoms with E-state index < -0.39 is 5.97 Å². The molecule has 0 fully saturated rings. The summed E-state index contributed by atoms with van der Waals surface area (Å²) in [6.07, 6.45) is 0.740. The maximum absolute atomic E-state index is 12.9. The van der Waals surface area contributed by atoms with E-state index in [2.05, 4.69) is 0 Å². The second-order valence-electron chi connectivity index (χ2n) is 6.06. The van der Waals surface area contributed by atoms with Gasteiger partial charge >= 0.3 is 5.97 Å². The van der Waals surface area contributed by atoms with Gasteiger partial charge in [-0.2, -0.15) is 0 Å². The molecule has 0 spiro atoms. The van der Waals surface area contributed by atoms with Crippen molar-refractivity contribution < 1.29 is 23.8 Å². The van der Waals surface area contributed by atoms with E-state index >= 15 is 0 Å². The first kappa shape index (κ1) is 17.8. The van der Waals surface area contributed by atoms with Gasteiger partial charge in [0.25, 0.3) is 5.91 Å². The predicted molar refractivity (Wildman–Crippen MR) is 95.8 cm³/mol. The zero-order chi connectivity index (χ0) is 18.7. The number of amides is 1. The Bertz CT molecular complexity index is 824. The summed E-state index contributed by atoms with van der Waals surface area (Å²) < 4.78 is 15.3. The molecule has 1 aliphatic heterocycles. The first-order valence-corrected chi connectivity index (χ1v) is 8.28. The number of carbonyl (C=O) groups is 2. The number of hydrogen-bond donors (Lipinski definition) is 0. The summed E-state index contributed by atoms with van der Waals surface area (Å²) in [4.78, 5) is 26.4. The van der Waals surface area contributed by atoms with E-state index in [4.69, 9.17) is 14.2 Å². The Balaban J connectivity index is 1.86. The number of hydrogen-bond acceptors (Lipinski definition) is 5. The molecule has 0 atom stereocenters. The molecule has 0 saturated carbocycles. The van der Waals surface area contributed by atoms with Gasteiger partial charge in [-0.3, -0.25) is 4.79 Å². The van der Waals surface area contributed by atoms with Crippen LogP contribution in [-0.2, 0) is 17.7 Å². The van der Waals surface area contributed by atoms with E-state index in [1.54, 1.807) is 37.3 Å². The number of fused-ring (bicyclic) bond motifs is 1. The minimum atomic E-state index is -0.449. The predicted octanol–water partition coefficient (Wildman–Crippen LogP) is 2.69. The molecule has 1 heterocycles. The minimum absolute atomic E-state index is 0.0983. The molecule has 0 N–H and O–H groups in total. The van der Waals surface area contributed by atoms with Gasteiger partial charge in [-0.25, -0.2) is 4.79 Å². The number of benzene rings is 2. The molecule has 0 unspecified atom stereocenters. The number of esters is 1. The van der Waals surface area contributed by atoms with Gasteiger partial charge in [0.2, 0.25) is 0 Å². The summed E-state index contributed by atoms with van der Waals surface area (Å²) in [7, 11) is 4.51. The second-order valence-corrected chi connectivity index (χ2v) is 6.06. The fourth-order valence-electron chi connectivity index (χ4n) is 3.09. The molecule has 0 saturated heterocycles. The van der Waals surface area contributed by atoms with Crippen LogP contribution in [0.25, 0.3) is 0 Å². The lowest BCUT2D eigenvalue weighted by molar-refractivity contribution is 0.0600. The largest absolute Gasteiger partial charge is 0.497 e. The molecule has 0 aliphatic carbocycles. The lowest BCUT2D eigenvalue weighted by Crippen LogP contribution is -2.37. The van der Waals surface area contributed by atoms with Crippen LogP contribution in [0.3, 0.4) is 0 Å². The molecule has 2 aromatic rings. The second kappa shape index (κ2) is 7.47. The van der Waals surface area contributed by atoms with Crippen molar-refractivity contribution in [2.24, 2.45) is 0 Å². The lowest BCUT2D eigenvalue weighted by atomic mass is 9.96. The standard InChI is InChI=1S/C20H21NO5/c1-24-16-8-13(9-17(11-16)25-2)12-21-7-6-14-4-5-15(20(23)26-3)10-18(14)19(21)22/h4-5,8-11H,6-7,12H2,1-3H3. The summed E-state index contributed by atoms with van der Waals surface area (Å²) >= 11 is 0. The van der Waals surface area contributed by atoms with Gasteiger partial charge in [0.1, 0.15) is 11.5 Å². The molecule has 1 amide bonds. The molecule has 0 radical (unpaired) electrons. The van der Waals surface area contributed by atoms with Gasteiger partial charge in [-0.15, -0.1) is 0 Å². The molecule has 6 heteroatoms. The van der Waals surface area contributed by atoms with E-state index in [0.29, 0.717) is 35.7 Å². The first-order chi connectivity index (χ1) is 12.5. The highest BCUT2D eigenvalue weighted by Gasteiger charge is 2.25. The third kappa shape index (κ3) is 3.49. The maximum Gasteiger partial charge on any atom is 0.337 e. The molecule has 136 valence electrons. The molecule has 0 bridgehead atoms. The van der Waals surface area contributed by atoms with Crippen LogP contribution in [-0.4, -0.2) is 44.7 Å². The summed E-state index contributed by atoms with van der Waals surface area (Å²) in [5.41, 5.74) is 2.79. The summed E-state index contributed by atoms with van der Waals surface area (Å²) in [5, 5.41) is 0. The SMILES string of the molecule is COC(=O)c1ccc2c(c1)C(=O)N(Cc1cc(OC)cc(OC)c1)CC2. The molecule has 3 rings (SSSR count). The minimum Gasteiger partial charge on any atom is -0.497 e. The molecular weight excluding hydrogens is 334 g/mol. The molecule has 2 aromatic carbocycles. The van der Waals surface area contributed by atoms with Crippen LogP contribution < -0.4 is 9.47 Å². The summed E-state index contributed by atoms with van der Waals surface area (Å²) in [5.74, 6) is 0.809. The average Bonchev–Trinajstić information content (AvgIpc) is 2.69. The Morgan fingerprint density at radius 1 is 1.04 bits per heavy atom. The van der Waals surface area contributed by atoms with E-state index in [0.717, 1.165) is 17.5 Å². The molecule has 26 heavy (non-hydrogen) atoms. The Labute approximate surface area is 152 Å². The Kier molecular flexibility index (Phi) is 5.11. The van der Waals surface area contributed by atoms with Crippen molar-refractivity contribution in [3.05, 3.63) is 58.7 Å². The van der Waals surface area contributed by atoms with Crippen molar-refractivity contribution in [1.29, 1.82) is 0 Å². The van der Waals surface area contributed by atoms with Crippen LogP contribution in [0.5, 0.6) is 11.5 Å². The van der Waals surface area contributed by atoms with E-state index in [-0.39, 0.29) is 5.91 Å². The number of nitrogens with zero attached hydrogens (tertiary/aromatic N) is 1. The molecule has 1 aliphatic rings. The van der Waals surface area contributed by atoms with Crippen molar-refractivity contribution >= 4 is 11.9 Å². The Morgan fingerprint density at radius 3 is 2.35 bits per heavy atom. The quantitative estimate of drug-likeness (QED) is 0.772. The van der Waals surface area contributed by atoms with Gasteiger partial charge < -0.3 is 19.1 Å². The highest BCUT2D eigenvalue weighted by molar-refractivity contribution is 6.00. The number of ether oxygens (including phenoxy) is 3. The first-order valence-electron chi connectivity index (χ1n) is 8.28. The van der Waals surface area contributed by atoms with Crippen LogP contribution in [0, 0.1) is 0 Å². The zero-order valence-corrected chi connectivity index (χ0v) is 15.1. The van der Waals surface area contributed by atoms with E-state index in [1.165, 1.54) is 7.11 Å². The lowest BCUT2D eigenvalue weighted by Gasteiger charge is -2.29. The number of carbonyl (C=O) groups excluding carboxylic acids is 2. The van der Waals surface area contributed by atoms with Crippen LogP contribution in [0.2, 0.25) is 0 Å². The van der Waals surface area contributed by atoms with Crippen molar-refractivity contribution in [3.63, 3.8) is 0 Å². The van der Waals surface area contributed by atoms with Crippen molar-refractivity contribution in [3.8, 4) is 11.5 Å². The van der Waals surface area contributed by atoms with Crippen LogP contribution >= 0.6 is 0 Å². The number of methoxy groups -OCH3 is 3. The van der Waals surface area contributed by atoms with Gasteiger partial charge in [-0.05, 0) is 41.8 Å². The monoisotopic (exact) mass is 355 g/mol. The molecule has 6 nitrogen and oxygen atoms in total. The molecular formula is C20H21NO5. The van der Waals surface area contributed by atoms with Gasteiger partial charge in [-0.1, -0.05) is 6.07 Å². The van der Waals surface area contributed by atoms with Crippen molar-refractivity contribution in [2.45, 2.75) is 13.0 Å². The normalized spacial score (nSPS) is 13.2. The Hall–Kier alpha value is -3.02. The number of rotatable bonds is 5. The van der Waals surface area contributed by atoms with E-state index in [9.17, 15) is 9.59 Å².